The van der Waals surface area contributed by atoms with Crippen LogP contribution in [0.3, 0.4) is 0 Å². The first-order valence-electron chi connectivity index (χ1n) is 6.72. The van der Waals surface area contributed by atoms with E-state index in [1.165, 1.54) is 30.3 Å². The minimum Gasteiger partial charge on any atom is -0.398 e. The standard InChI is InChI=1S/C15H10N4O5/c16-11-6-8(5-10-12(11)15(22)18-14(10)21)17-13(20)7-2-1-3-9(4-7)19(23)24/h1-6H,16H2,(H,17,20)(H,18,21,22). The topological polar surface area (TPSA) is 144 Å². The first-order chi connectivity index (χ1) is 11.4. The van der Waals surface area contributed by atoms with Gasteiger partial charge in [0.25, 0.3) is 23.4 Å². The van der Waals surface area contributed by atoms with E-state index in [0.717, 1.165) is 6.07 Å². The fourth-order valence-electron chi connectivity index (χ4n) is 2.37. The van der Waals surface area contributed by atoms with Gasteiger partial charge in [0.05, 0.1) is 16.1 Å². The number of imide groups is 1. The van der Waals surface area contributed by atoms with Gasteiger partial charge in [0.1, 0.15) is 0 Å². The molecule has 0 atom stereocenters. The number of hydrogen-bond donors (Lipinski definition) is 3. The smallest absolute Gasteiger partial charge is 0.270 e. The van der Waals surface area contributed by atoms with E-state index in [2.05, 4.69) is 10.6 Å². The highest BCUT2D eigenvalue weighted by Crippen LogP contribution is 2.27. The van der Waals surface area contributed by atoms with Crippen molar-refractivity contribution in [2.45, 2.75) is 0 Å². The van der Waals surface area contributed by atoms with E-state index < -0.39 is 22.6 Å². The zero-order chi connectivity index (χ0) is 17.4. The summed E-state index contributed by atoms with van der Waals surface area (Å²) in [6, 6.07) is 7.85. The number of non-ortho nitro benzene ring substituents is 1. The average Bonchev–Trinajstić information content (AvgIpc) is 2.82. The molecule has 0 aromatic heterocycles. The molecule has 0 saturated heterocycles. The maximum Gasteiger partial charge on any atom is 0.270 e. The van der Waals surface area contributed by atoms with Gasteiger partial charge >= 0.3 is 0 Å². The summed E-state index contributed by atoms with van der Waals surface area (Å²) in [5, 5.41) is 15.4. The Hall–Kier alpha value is -3.75. The zero-order valence-electron chi connectivity index (χ0n) is 12.0. The van der Waals surface area contributed by atoms with Crippen LogP contribution in [0.15, 0.2) is 36.4 Å². The number of rotatable bonds is 3. The van der Waals surface area contributed by atoms with Gasteiger partial charge in [-0.25, -0.2) is 0 Å². The van der Waals surface area contributed by atoms with Gasteiger partial charge in [0.15, 0.2) is 0 Å². The van der Waals surface area contributed by atoms with Crippen molar-refractivity contribution in [3.63, 3.8) is 0 Å². The number of nitro groups is 1. The van der Waals surface area contributed by atoms with Crippen LogP contribution < -0.4 is 16.4 Å². The monoisotopic (exact) mass is 326 g/mol. The lowest BCUT2D eigenvalue weighted by atomic mass is 10.1. The predicted molar refractivity (Wildman–Crippen MR) is 83.7 cm³/mol. The lowest BCUT2D eigenvalue weighted by Crippen LogP contribution is -2.20. The van der Waals surface area contributed by atoms with Crippen molar-refractivity contribution in [3.8, 4) is 0 Å². The van der Waals surface area contributed by atoms with Crippen LogP contribution in [0.1, 0.15) is 31.1 Å². The summed E-state index contributed by atoms with van der Waals surface area (Å²) in [7, 11) is 0. The second-order valence-electron chi connectivity index (χ2n) is 5.03. The molecule has 3 amide bonds. The fourth-order valence-corrected chi connectivity index (χ4v) is 2.37. The Kier molecular flexibility index (Phi) is 3.45. The molecule has 0 fully saturated rings. The molecule has 3 rings (SSSR count). The number of nitrogen functional groups attached to an aromatic ring is 1. The van der Waals surface area contributed by atoms with Crippen LogP contribution in [0, 0.1) is 10.1 Å². The van der Waals surface area contributed by atoms with Crippen molar-refractivity contribution in [1.82, 2.24) is 5.32 Å². The molecular formula is C15H10N4O5. The highest BCUT2D eigenvalue weighted by atomic mass is 16.6. The molecule has 2 aromatic rings. The minimum atomic E-state index is -0.611. The highest BCUT2D eigenvalue weighted by molar-refractivity contribution is 6.24. The second kappa shape index (κ2) is 5.47. The number of amides is 3. The predicted octanol–water partition coefficient (Wildman–Crippen LogP) is 1.31. The summed E-state index contributed by atoms with van der Waals surface area (Å²) in [6.45, 7) is 0. The molecule has 1 heterocycles. The third-order valence-corrected chi connectivity index (χ3v) is 3.44. The number of nitro benzene ring substituents is 1. The maximum atomic E-state index is 12.2. The summed E-state index contributed by atoms with van der Waals surface area (Å²) < 4.78 is 0. The van der Waals surface area contributed by atoms with E-state index in [1.807, 2.05) is 0 Å². The first-order valence-corrected chi connectivity index (χ1v) is 6.72. The highest BCUT2D eigenvalue weighted by Gasteiger charge is 2.29. The molecule has 9 nitrogen and oxygen atoms in total. The molecule has 2 aromatic carbocycles. The van der Waals surface area contributed by atoms with Crippen LogP contribution in [0.4, 0.5) is 17.1 Å². The Morgan fingerprint density at radius 1 is 1.17 bits per heavy atom. The molecule has 4 N–H and O–H groups in total. The molecular weight excluding hydrogens is 316 g/mol. The SMILES string of the molecule is Nc1cc(NC(=O)c2cccc([N+](=O)[O-])c2)cc2c1C(=O)NC2=O. The maximum absolute atomic E-state index is 12.2. The van der Waals surface area contributed by atoms with E-state index in [1.54, 1.807) is 0 Å². The number of hydrogen-bond acceptors (Lipinski definition) is 6. The normalized spacial score (nSPS) is 12.5. The van der Waals surface area contributed by atoms with Gasteiger partial charge in [-0.15, -0.1) is 0 Å². The van der Waals surface area contributed by atoms with Crippen molar-refractivity contribution in [3.05, 3.63) is 63.2 Å². The zero-order valence-corrected chi connectivity index (χ0v) is 12.0. The van der Waals surface area contributed by atoms with Crippen LogP contribution in [-0.2, 0) is 0 Å². The Morgan fingerprint density at radius 3 is 2.62 bits per heavy atom. The van der Waals surface area contributed by atoms with E-state index in [4.69, 9.17) is 5.73 Å². The molecule has 0 spiro atoms. The van der Waals surface area contributed by atoms with Gasteiger partial charge < -0.3 is 11.1 Å². The van der Waals surface area contributed by atoms with Gasteiger partial charge in [-0.3, -0.25) is 29.8 Å². The molecule has 0 unspecified atom stereocenters. The summed E-state index contributed by atoms with van der Waals surface area (Å²) in [6.07, 6.45) is 0. The third kappa shape index (κ3) is 2.54. The number of anilines is 2. The van der Waals surface area contributed by atoms with Crippen LogP contribution >= 0.6 is 0 Å². The molecule has 120 valence electrons. The molecule has 1 aliphatic heterocycles. The Bertz CT molecular complexity index is 922. The van der Waals surface area contributed by atoms with Crippen molar-refractivity contribution in [2.75, 3.05) is 11.1 Å². The minimum absolute atomic E-state index is 0.0465. The Balaban J connectivity index is 1.91. The number of nitrogens with two attached hydrogens (primary N) is 1. The quantitative estimate of drug-likeness (QED) is 0.336. The second-order valence-corrected chi connectivity index (χ2v) is 5.03. The van der Waals surface area contributed by atoms with E-state index in [9.17, 15) is 24.5 Å². The number of nitrogens with one attached hydrogen (secondary N) is 2. The molecule has 9 heteroatoms. The van der Waals surface area contributed by atoms with E-state index in [-0.39, 0.29) is 33.8 Å². The van der Waals surface area contributed by atoms with E-state index in [0.29, 0.717) is 0 Å². The largest absolute Gasteiger partial charge is 0.398 e. The molecule has 0 radical (unpaired) electrons. The average molecular weight is 326 g/mol. The van der Waals surface area contributed by atoms with Gasteiger partial charge in [0, 0.05) is 29.1 Å². The van der Waals surface area contributed by atoms with Crippen molar-refractivity contribution in [1.29, 1.82) is 0 Å². The fraction of sp³-hybridized carbons (Fsp3) is 0. The molecule has 0 aliphatic carbocycles. The van der Waals surface area contributed by atoms with Crippen LogP contribution in [-0.4, -0.2) is 22.6 Å². The molecule has 0 bridgehead atoms. The third-order valence-electron chi connectivity index (χ3n) is 3.44. The molecule has 24 heavy (non-hydrogen) atoms. The lowest BCUT2D eigenvalue weighted by molar-refractivity contribution is -0.384. The lowest BCUT2D eigenvalue weighted by Gasteiger charge is -2.08. The first kappa shape index (κ1) is 15.2. The number of fused-ring (bicyclic) bond motifs is 1. The van der Waals surface area contributed by atoms with Gasteiger partial charge in [0.2, 0.25) is 0 Å². The van der Waals surface area contributed by atoms with Crippen LogP contribution in [0.5, 0.6) is 0 Å². The summed E-state index contributed by atoms with van der Waals surface area (Å²) in [5.41, 5.74) is 5.98. The number of nitrogens with zero attached hydrogens (tertiary/aromatic N) is 1. The van der Waals surface area contributed by atoms with Crippen molar-refractivity contribution >= 4 is 34.8 Å². The molecule has 1 aliphatic rings. The van der Waals surface area contributed by atoms with Crippen molar-refractivity contribution in [2.24, 2.45) is 0 Å². The number of carbonyl (C=O) groups is 3. The Labute approximate surface area is 134 Å². The van der Waals surface area contributed by atoms with Crippen molar-refractivity contribution < 1.29 is 19.3 Å². The van der Waals surface area contributed by atoms with Gasteiger partial charge in [-0.1, -0.05) is 6.07 Å². The summed E-state index contributed by atoms with van der Waals surface area (Å²) >= 11 is 0. The molecule has 0 saturated carbocycles. The van der Waals surface area contributed by atoms with Crippen LogP contribution in [0.2, 0.25) is 0 Å². The van der Waals surface area contributed by atoms with Crippen LogP contribution in [0.25, 0.3) is 0 Å². The summed E-state index contributed by atoms with van der Waals surface area (Å²) in [4.78, 5) is 45.6. The number of carbonyl (C=O) groups excluding carboxylic acids is 3. The number of benzene rings is 2. The van der Waals surface area contributed by atoms with Gasteiger partial charge in [-0.05, 0) is 18.2 Å². The van der Waals surface area contributed by atoms with E-state index >= 15 is 0 Å². The van der Waals surface area contributed by atoms with Gasteiger partial charge in [-0.2, -0.15) is 0 Å². The Morgan fingerprint density at radius 2 is 1.92 bits per heavy atom. The summed E-state index contributed by atoms with van der Waals surface area (Å²) in [5.74, 6) is -1.81.